The van der Waals surface area contributed by atoms with E-state index in [1.165, 1.54) is 27.8 Å². The molecule has 0 radical (unpaired) electrons. The summed E-state index contributed by atoms with van der Waals surface area (Å²) < 4.78 is 5.69. The molecule has 0 amide bonds. The Kier molecular flexibility index (Phi) is 6.78. The molecule has 0 aliphatic carbocycles. The van der Waals surface area contributed by atoms with Gasteiger partial charge < -0.3 is 4.74 Å². The lowest BCUT2D eigenvalue weighted by molar-refractivity contribution is 0.125. The molecule has 0 bridgehead atoms. The highest BCUT2D eigenvalue weighted by Crippen LogP contribution is 2.25. The van der Waals surface area contributed by atoms with E-state index in [-0.39, 0.29) is 0 Å². The van der Waals surface area contributed by atoms with E-state index in [4.69, 9.17) is 4.74 Å². The molecule has 0 fully saturated rings. The van der Waals surface area contributed by atoms with Gasteiger partial charge in [-0.1, -0.05) is 97.6 Å². The Morgan fingerprint density at radius 1 is 0.741 bits per heavy atom. The molecule has 0 N–H and O–H groups in total. The van der Waals surface area contributed by atoms with Crippen molar-refractivity contribution < 1.29 is 4.74 Å². The van der Waals surface area contributed by atoms with Gasteiger partial charge in [-0.05, 0) is 46.7 Å². The predicted octanol–water partition coefficient (Wildman–Crippen LogP) is 7.15. The summed E-state index contributed by atoms with van der Waals surface area (Å²) in [5, 5.41) is 0. The molecule has 0 heterocycles. The maximum absolute atomic E-state index is 5.69. The van der Waals surface area contributed by atoms with Crippen LogP contribution in [-0.2, 0) is 11.3 Å². The largest absolute Gasteiger partial charge is 0.376 e. The number of hydrogen-bond donors (Lipinski definition) is 0. The van der Waals surface area contributed by atoms with E-state index in [0.29, 0.717) is 6.61 Å². The molecule has 1 nitrogen and oxygen atoms in total. The van der Waals surface area contributed by atoms with Gasteiger partial charge in [0, 0.05) is 0 Å². The van der Waals surface area contributed by atoms with Gasteiger partial charge in [-0.15, -0.1) is 0 Å². The normalized spacial score (nSPS) is 11.0. The Morgan fingerprint density at radius 3 is 1.70 bits per heavy atom. The molecule has 0 aliphatic heterocycles. The molecule has 0 aliphatic rings. The SMILES string of the molecule is C=Cc1ccc(-c2ccc(-c3ccc(COCCC=CC)cc3)cc2)cc1. The van der Waals surface area contributed by atoms with Crippen molar-refractivity contribution in [3.8, 4) is 22.3 Å². The van der Waals surface area contributed by atoms with Crippen molar-refractivity contribution in [2.75, 3.05) is 6.61 Å². The average Bonchev–Trinajstić information content (AvgIpc) is 2.74. The predicted molar refractivity (Wildman–Crippen MR) is 116 cm³/mol. The molecule has 0 spiro atoms. The monoisotopic (exact) mass is 354 g/mol. The van der Waals surface area contributed by atoms with Crippen LogP contribution < -0.4 is 0 Å². The van der Waals surface area contributed by atoms with E-state index in [9.17, 15) is 0 Å². The van der Waals surface area contributed by atoms with Crippen LogP contribution in [-0.4, -0.2) is 6.61 Å². The molecule has 136 valence electrons. The van der Waals surface area contributed by atoms with Crippen molar-refractivity contribution in [2.45, 2.75) is 20.0 Å². The molecule has 0 saturated carbocycles. The van der Waals surface area contributed by atoms with Gasteiger partial charge in [-0.25, -0.2) is 0 Å². The zero-order valence-corrected chi connectivity index (χ0v) is 15.9. The molecule has 1 heteroatoms. The topological polar surface area (TPSA) is 9.23 Å². The van der Waals surface area contributed by atoms with Crippen LogP contribution in [0.4, 0.5) is 0 Å². The number of allylic oxidation sites excluding steroid dienone is 1. The van der Waals surface area contributed by atoms with E-state index in [1.54, 1.807) is 0 Å². The third kappa shape index (κ3) is 5.29. The highest BCUT2D eigenvalue weighted by Gasteiger charge is 2.01. The maximum Gasteiger partial charge on any atom is 0.0717 e. The smallest absolute Gasteiger partial charge is 0.0717 e. The zero-order chi connectivity index (χ0) is 18.9. The average molecular weight is 354 g/mol. The maximum atomic E-state index is 5.69. The zero-order valence-electron chi connectivity index (χ0n) is 15.9. The van der Waals surface area contributed by atoms with Crippen LogP contribution in [0.5, 0.6) is 0 Å². The first kappa shape index (κ1) is 18.9. The summed E-state index contributed by atoms with van der Waals surface area (Å²) in [6.07, 6.45) is 7.02. The van der Waals surface area contributed by atoms with Gasteiger partial charge in [0.15, 0.2) is 0 Å². The van der Waals surface area contributed by atoms with Crippen molar-refractivity contribution in [1.29, 1.82) is 0 Å². The Labute approximate surface area is 162 Å². The molecule has 0 saturated heterocycles. The summed E-state index contributed by atoms with van der Waals surface area (Å²) >= 11 is 0. The van der Waals surface area contributed by atoms with Gasteiger partial charge in [0.05, 0.1) is 13.2 Å². The van der Waals surface area contributed by atoms with E-state index >= 15 is 0 Å². The molecule has 3 aromatic rings. The summed E-state index contributed by atoms with van der Waals surface area (Å²) in [7, 11) is 0. The molecule has 0 aromatic heterocycles. The Morgan fingerprint density at radius 2 is 1.22 bits per heavy atom. The molecular formula is C26H26O. The Balaban J connectivity index is 1.63. The first-order chi connectivity index (χ1) is 13.3. The molecular weight excluding hydrogens is 328 g/mol. The quantitative estimate of drug-likeness (QED) is 0.308. The fourth-order valence-electron chi connectivity index (χ4n) is 2.97. The van der Waals surface area contributed by atoms with Crippen LogP contribution in [0.3, 0.4) is 0 Å². The standard InChI is InChI=1S/C26H26O/c1-3-5-6-19-27-20-22-9-13-24(14-10-22)26-17-15-25(16-18-26)23-11-7-21(4-2)8-12-23/h3-5,7-18H,2,6,19-20H2,1H3. The number of benzene rings is 3. The van der Waals surface area contributed by atoms with E-state index in [1.807, 2.05) is 13.0 Å². The van der Waals surface area contributed by atoms with Gasteiger partial charge in [-0.2, -0.15) is 0 Å². The number of rotatable bonds is 8. The summed E-state index contributed by atoms with van der Waals surface area (Å²) in [6.45, 7) is 7.26. The highest BCUT2D eigenvalue weighted by atomic mass is 16.5. The summed E-state index contributed by atoms with van der Waals surface area (Å²) in [6, 6.07) is 25.8. The van der Waals surface area contributed by atoms with Crippen LogP contribution in [0.25, 0.3) is 28.3 Å². The number of ether oxygens (including phenoxy) is 1. The minimum atomic E-state index is 0.664. The van der Waals surface area contributed by atoms with Crippen molar-refractivity contribution in [3.63, 3.8) is 0 Å². The van der Waals surface area contributed by atoms with Crippen molar-refractivity contribution in [3.05, 3.63) is 103 Å². The fraction of sp³-hybridized carbons (Fsp3) is 0.154. The molecule has 27 heavy (non-hydrogen) atoms. The summed E-state index contributed by atoms with van der Waals surface area (Å²) in [5.74, 6) is 0. The van der Waals surface area contributed by atoms with Crippen molar-refractivity contribution >= 4 is 6.08 Å². The summed E-state index contributed by atoms with van der Waals surface area (Å²) in [5.41, 5.74) is 7.24. The molecule has 3 rings (SSSR count). The third-order valence-corrected chi connectivity index (χ3v) is 4.59. The van der Waals surface area contributed by atoms with Gasteiger partial charge in [-0.3, -0.25) is 0 Å². The molecule has 3 aromatic carbocycles. The van der Waals surface area contributed by atoms with Gasteiger partial charge in [0.25, 0.3) is 0 Å². The van der Waals surface area contributed by atoms with Gasteiger partial charge >= 0.3 is 0 Å². The van der Waals surface area contributed by atoms with Crippen molar-refractivity contribution in [1.82, 2.24) is 0 Å². The fourth-order valence-corrected chi connectivity index (χ4v) is 2.97. The van der Waals surface area contributed by atoms with Crippen LogP contribution in [0.15, 0.2) is 91.5 Å². The van der Waals surface area contributed by atoms with E-state index in [0.717, 1.165) is 18.6 Å². The lowest BCUT2D eigenvalue weighted by atomic mass is 9.99. The second-order valence-electron chi connectivity index (χ2n) is 6.51. The lowest BCUT2D eigenvalue weighted by Crippen LogP contribution is -1.94. The second kappa shape index (κ2) is 9.70. The lowest BCUT2D eigenvalue weighted by Gasteiger charge is -2.07. The molecule has 0 unspecified atom stereocenters. The minimum absolute atomic E-state index is 0.664. The first-order valence-electron chi connectivity index (χ1n) is 9.41. The van der Waals surface area contributed by atoms with Crippen molar-refractivity contribution in [2.24, 2.45) is 0 Å². The third-order valence-electron chi connectivity index (χ3n) is 4.59. The first-order valence-corrected chi connectivity index (χ1v) is 9.41. The van der Waals surface area contributed by atoms with E-state index in [2.05, 4.69) is 91.5 Å². The summed E-state index contributed by atoms with van der Waals surface area (Å²) in [4.78, 5) is 0. The van der Waals surface area contributed by atoms with Crippen LogP contribution in [0.2, 0.25) is 0 Å². The van der Waals surface area contributed by atoms with E-state index < -0.39 is 0 Å². The van der Waals surface area contributed by atoms with Crippen LogP contribution >= 0.6 is 0 Å². The molecule has 0 atom stereocenters. The van der Waals surface area contributed by atoms with Crippen LogP contribution in [0.1, 0.15) is 24.5 Å². The highest BCUT2D eigenvalue weighted by molar-refractivity contribution is 5.71. The van der Waals surface area contributed by atoms with Crippen LogP contribution in [0, 0.1) is 0 Å². The Hall–Kier alpha value is -2.90. The number of hydrogen-bond acceptors (Lipinski definition) is 1. The minimum Gasteiger partial charge on any atom is -0.376 e. The van der Waals surface area contributed by atoms with Gasteiger partial charge in [0.1, 0.15) is 0 Å². The second-order valence-corrected chi connectivity index (χ2v) is 6.51. The Bertz CT molecular complexity index is 869. The van der Waals surface area contributed by atoms with Gasteiger partial charge in [0.2, 0.25) is 0 Å².